The summed E-state index contributed by atoms with van der Waals surface area (Å²) in [5, 5.41) is 3.00. The lowest BCUT2D eigenvalue weighted by molar-refractivity contribution is -0.142. The summed E-state index contributed by atoms with van der Waals surface area (Å²) < 4.78 is 31.4. The molecule has 0 aliphatic heterocycles. The molecule has 1 N–H and O–H groups in total. The highest BCUT2D eigenvalue weighted by atomic mass is 32.2. The number of ether oxygens (including phenoxy) is 1. The van der Waals surface area contributed by atoms with Gasteiger partial charge in [-0.25, -0.2) is 8.42 Å². The summed E-state index contributed by atoms with van der Waals surface area (Å²) in [6.45, 7) is 10.0. The van der Waals surface area contributed by atoms with E-state index in [0.29, 0.717) is 30.8 Å². The molecule has 0 fully saturated rings. The Labute approximate surface area is 222 Å². The smallest absolute Gasteiger partial charge is 0.243 e. The molecule has 2 amide bonds. The van der Waals surface area contributed by atoms with E-state index in [1.165, 1.54) is 4.31 Å². The van der Waals surface area contributed by atoms with Crippen molar-refractivity contribution in [2.24, 2.45) is 0 Å². The van der Waals surface area contributed by atoms with Crippen LogP contribution in [0.5, 0.6) is 5.75 Å². The average molecular weight is 532 g/mol. The second-order valence-corrected chi connectivity index (χ2v) is 12.2. The molecule has 2 rings (SSSR count). The number of carbonyl (C=O) groups is 2. The number of nitrogens with zero attached hydrogens (tertiary/aromatic N) is 2. The van der Waals surface area contributed by atoms with Gasteiger partial charge in [-0.15, -0.1) is 0 Å². The highest BCUT2D eigenvalue weighted by molar-refractivity contribution is 7.92. The SMILES string of the molecule is CC[C@@H](C(=O)NC(C)(C)C)N(Cc1cccc(C)c1)C(=O)CCCN(c1ccc(OC)cc1)S(C)(=O)=O. The highest BCUT2D eigenvalue weighted by Gasteiger charge is 2.30. The minimum absolute atomic E-state index is 0.104. The van der Waals surface area contributed by atoms with Crippen LogP contribution in [0.2, 0.25) is 0 Å². The van der Waals surface area contributed by atoms with Crippen LogP contribution in [0, 0.1) is 6.92 Å². The first-order valence-corrected chi connectivity index (χ1v) is 14.4. The molecule has 0 unspecified atom stereocenters. The van der Waals surface area contributed by atoms with Gasteiger partial charge in [0.2, 0.25) is 21.8 Å². The molecule has 0 aromatic heterocycles. The lowest BCUT2D eigenvalue weighted by Gasteiger charge is -2.33. The highest BCUT2D eigenvalue weighted by Crippen LogP contribution is 2.23. The van der Waals surface area contributed by atoms with Crippen LogP contribution in [0.4, 0.5) is 5.69 Å². The number of aryl methyl sites for hydroxylation is 1. The molecule has 0 aliphatic carbocycles. The molecule has 37 heavy (non-hydrogen) atoms. The number of carbonyl (C=O) groups excluding carboxylic acids is 2. The van der Waals surface area contributed by atoms with E-state index in [9.17, 15) is 18.0 Å². The molecule has 0 aliphatic rings. The van der Waals surface area contributed by atoms with Crippen LogP contribution in [-0.4, -0.2) is 56.6 Å². The van der Waals surface area contributed by atoms with Gasteiger partial charge in [0.25, 0.3) is 0 Å². The zero-order chi connectivity index (χ0) is 27.8. The van der Waals surface area contributed by atoms with Gasteiger partial charge in [-0.05, 0) is 70.4 Å². The van der Waals surface area contributed by atoms with Crippen LogP contribution < -0.4 is 14.4 Å². The van der Waals surface area contributed by atoms with Gasteiger partial charge in [0.1, 0.15) is 11.8 Å². The van der Waals surface area contributed by atoms with E-state index in [1.54, 1.807) is 36.3 Å². The van der Waals surface area contributed by atoms with E-state index in [-0.39, 0.29) is 24.8 Å². The van der Waals surface area contributed by atoms with Crippen LogP contribution in [0.15, 0.2) is 48.5 Å². The fraction of sp³-hybridized carbons (Fsp3) is 0.500. The number of rotatable bonds is 12. The summed E-state index contributed by atoms with van der Waals surface area (Å²) >= 11 is 0. The predicted molar refractivity (Wildman–Crippen MR) is 148 cm³/mol. The molecule has 0 spiro atoms. The standard InChI is InChI=1S/C28H41N3O5S/c1-8-25(27(33)29-28(3,4)5)30(20-22-12-9-11-21(2)19-22)26(32)13-10-18-31(37(7,34)35)23-14-16-24(36-6)17-15-23/h9,11-12,14-17,19,25H,8,10,13,18,20H2,1-7H3,(H,29,33)/t25-/m0/s1. The Morgan fingerprint density at radius 1 is 1.08 bits per heavy atom. The van der Waals surface area contributed by atoms with E-state index in [0.717, 1.165) is 17.4 Å². The molecule has 8 nitrogen and oxygen atoms in total. The van der Waals surface area contributed by atoms with Gasteiger partial charge in [0, 0.05) is 25.0 Å². The first-order chi connectivity index (χ1) is 17.2. The number of nitrogens with one attached hydrogen (secondary N) is 1. The second-order valence-electron chi connectivity index (χ2n) is 10.3. The topological polar surface area (TPSA) is 96.0 Å². The quantitative estimate of drug-likeness (QED) is 0.441. The largest absolute Gasteiger partial charge is 0.497 e. The Hall–Kier alpha value is -3.07. The molecule has 0 saturated heterocycles. The number of amides is 2. The Bertz CT molecular complexity index is 1160. The van der Waals surface area contributed by atoms with Crippen molar-refractivity contribution in [2.45, 2.75) is 72.0 Å². The maximum atomic E-state index is 13.5. The van der Waals surface area contributed by atoms with Crippen LogP contribution >= 0.6 is 0 Å². The summed E-state index contributed by atoms with van der Waals surface area (Å²) in [5.74, 6) is 0.228. The normalized spacial score (nSPS) is 12.5. The lowest BCUT2D eigenvalue weighted by Crippen LogP contribution is -2.53. The van der Waals surface area contributed by atoms with E-state index in [2.05, 4.69) is 5.32 Å². The van der Waals surface area contributed by atoms with E-state index < -0.39 is 21.6 Å². The summed E-state index contributed by atoms with van der Waals surface area (Å²) in [6, 6.07) is 14.0. The molecule has 0 radical (unpaired) electrons. The summed E-state index contributed by atoms with van der Waals surface area (Å²) in [7, 11) is -2.02. The van der Waals surface area contributed by atoms with Gasteiger partial charge in [0.05, 0.1) is 19.1 Å². The van der Waals surface area contributed by atoms with Crippen molar-refractivity contribution in [1.29, 1.82) is 0 Å². The van der Waals surface area contributed by atoms with E-state index in [4.69, 9.17) is 4.74 Å². The van der Waals surface area contributed by atoms with Crippen molar-refractivity contribution in [3.63, 3.8) is 0 Å². The van der Waals surface area contributed by atoms with Gasteiger partial charge < -0.3 is 15.0 Å². The molecule has 204 valence electrons. The van der Waals surface area contributed by atoms with Crippen LogP contribution in [0.1, 0.15) is 58.1 Å². The third-order valence-corrected chi connectivity index (χ3v) is 7.03. The Morgan fingerprint density at radius 2 is 1.73 bits per heavy atom. The molecule has 0 bridgehead atoms. The first-order valence-electron chi connectivity index (χ1n) is 12.5. The monoisotopic (exact) mass is 531 g/mol. The zero-order valence-corrected chi connectivity index (χ0v) is 23.9. The first kappa shape index (κ1) is 30.2. The van der Waals surface area contributed by atoms with Gasteiger partial charge in [0.15, 0.2) is 0 Å². The van der Waals surface area contributed by atoms with E-state index >= 15 is 0 Å². The van der Waals surface area contributed by atoms with Crippen molar-refractivity contribution in [2.75, 3.05) is 24.2 Å². The van der Waals surface area contributed by atoms with Crippen LogP contribution in [0.3, 0.4) is 0 Å². The zero-order valence-electron chi connectivity index (χ0n) is 23.1. The maximum Gasteiger partial charge on any atom is 0.243 e. The van der Waals surface area contributed by atoms with Crippen molar-refractivity contribution >= 4 is 27.5 Å². The molecule has 9 heteroatoms. The minimum atomic E-state index is -3.56. The average Bonchev–Trinajstić information content (AvgIpc) is 2.80. The lowest BCUT2D eigenvalue weighted by atomic mass is 10.0. The third-order valence-electron chi connectivity index (χ3n) is 5.83. The molecule has 2 aromatic carbocycles. The number of methoxy groups -OCH3 is 1. The Kier molecular flexibility index (Phi) is 10.5. The predicted octanol–water partition coefficient (Wildman–Crippen LogP) is 4.27. The number of hydrogen-bond donors (Lipinski definition) is 1. The molecule has 0 heterocycles. The van der Waals surface area contributed by atoms with Crippen molar-refractivity contribution in [1.82, 2.24) is 10.2 Å². The second kappa shape index (κ2) is 12.9. The number of hydrogen-bond acceptors (Lipinski definition) is 5. The van der Waals surface area contributed by atoms with Crippen LogP contribution in [-0.2, 0) is 26.2 Å². The fourth-order valence-electron chi connectivity index (χ4n) is 4.13. The number of benzene rings is 2. The summed E-state index contributed by atoms with van der Waals surface area (Å²) in [6.07, 6.45) is 2.01. The van der Waals surface area contributed by atoms with Crippen LogP contribution in [0.25, 0.3) is 0 Å². The number of anilines is 1. The minimum Gasteiger partial charge on any atom is -0.497 e. The Morgan fingerprint density at radius 3 is 2.24 bits per heavy atom. The molecular formula is C28H41N3O5S. The summed E-state index contributed by atoms with van der Waals surface area (Å²) in [4.78, 5) is 28.3. The molecule has 0 saturated carbocycles. The molecular weight excluding hydrogens is 490 g/mol. The maximum absolute atomic E-state index is 13.5. The fourth-order valence-corrected chi connectivity index (χ4v) is 5.10. The number of sulfonamides is 1. The van der Waals surface area contributed by atoms with Gasteiger partial charge in [-0.3, -0.25) is 13.9 Å². The van der Waals surface area contributed by atoms with Crippen molar-refractivity contribution in [3.05, 3.63) is 59.7 Å². The van der Waals surface area contributed by atoms with Crippen molar-refractivity contribution in [3.8, 4) is 5.75 Å². The third kappa shape index (κ3) is 9.39. The van der Waals surface area contributed by atoms with Gasteiger partial charge in [-0.1, -0.05) is 36.8 Å². The van der Waals surface area contributed by atoms with Crippen molar-refractivity contribution < 1.29 is 22.7 Å². The van der Waals surface area contributed by atoms with Gasteiger partial charge >= 0.3 is 0 Å². The van der Waals surface area contributed by atoms with Gasteiger partial charge in [-0.2, -0.15) is 0 Å². The molecule has 1 atom stereocenters. The summed E-state index contributed by atoms with van der Waals surface area (Å²) in [5.41, 5.74) is 2.08. The van der Waals surface area contributed by atoms with E-state index in [1.807, 2.05) is 58.9 Å². The Balaban J connectivity index is 2.23. The molecule has 2 aromatic rings.